The van der Waals surface area contributed by atoms with E-state index in [0.717, 1.165) is 18.1 Å². The van der Waals surface area contributed by atoms with Crippen molar-refractivity contribution in [2.24, 2.45) is 5.73 Å². The molecule has 0 bridgehead atoms. The molecule has 31 heavy (non-hydrogen) atoms. The van der Waals surface area contributed by atoms with E-state index in [1.165, 1.54) is 24.6 Å². The van der Waals surface area contributed by atoms with E-state index >= 15 is 0 Å². The van der Waals surface area contributed by atoms with Gasteiger partial charge in [0.25, 0.3) is 0 Å². The SMILES string of the molecule is C=C(N)C1=C(C)CC=C1.C=CC.CC1OC(C(C)(O)c2ccc(Cl)c(F)c2)C(O)C1O. The normalized spacial score (nSPS) is 26.4. The largest absolute Gasteiger partial charge is 0.399 e. The van der Waals surface area contributed by atoms with E-state index in [-0.39, 0.29) is 10.6 Å². The highest BCUT2D eigenvalue weighted by Crippen LogP contribution is 2.36. The smallest absolute Gasteiger partial charge is 0.142 e. The fraction of sp³-hybridized carbons (Fsp3) is 0.417. The lowest BCUT2D eigenvalue weighted by molar-refractivity contribution is -0.122. The summed E-state index contributed by atoms with van der Waals surface area (Å²) in [4.78, 5) is 0. The Labute approximate surface area is 189 Å². The summed E-state index contributed by atoms with van der Waals surface area (Å²) >= 11 is 5.59. The molecule has 0 saturated carbocycles. The van der Waals surface area contributed by atoms with E-state index in [4.69, 9.17) is 22.1 Å². The maximum Gasteiger partial charge on any atom is 0.142 e. The van der Waals surface area contributed by atoms with Gasteiger partial charge in [0, 0.05) is 5.70 Å². The predicted molar refractivity (Wildman–Crippen MR) is 123 cm³/mol. The predicted octanol–water partition coefficient (Wildman–Crippen LogP) is 4.12. The molecule has 1 aromatic rings. The molecular formula is C24H33ClFNO4. The van der Waals surface area contributed by atoms with E-state index in [1.54, 1.807) is 13.0 Å². The molecule has 0 amide bonds. The fourth-order valence-corrected chi connectivity index (χ4v) is 3.39. The van der Waals surface area contributed by atoms with Gasteiger partial charge in [-0.1, -0.05) is 48.0 Å². The molecule has 0 radical (unpaired) electrons. The van der Waals surface area contributed by atoms with Crippen molar-refractivity contribution in [3.63, 3.8) is 0 Å². The van der Waals surface area contributed by atoms with Crippen LogP contribution in [0, 0.1) is 5.82 Å². The van der Waals surface area contributed by atoms with Crippen molar-refractivity contribution >= 4 is 11.6 Å². The zero-order valence-electron chi connectivity index (χ0n) is 18.5. The van der Waals surface area contributed by atoms with Gasteiger partial charge >= 0.3 is 0 Å². The van der Waals surface area contributed by atoms with E-state index < -0.39 is 35.8 Å². The van der Waals surface area contributed by atoms with E-state index in [9.17, 15) is 19.7 Å². The van der Waals surface area contributed by atoms with Gasteiger partial charge in [0.2, 0.25) is 0 Å². The first kappa shape index (κ1) is 27.1. The Hall–Kier alpha value is -1.96. The van der Waals surface area contributed by atoms with Crippen molar-refractivity contribution in [1.29, 1.82) is 0 Å². The van der Waals surface area contributed by atoms with Gasteiger partial charge in [0.1, 0.15) is 29.7 Å². The Balaban J connectivity index is 0.000000333. The van der Waals surface area contributed by atoms with Gasteiger partial charge in [0.15, 0.2) is 0 Å². The second kappa shape index (κ2) is 11.6. The summed E-state index contributed by atoms with van der Waals surface area (Å²) in [5, 5.41) is 30.0. The Morgan fingerprint density at radius 1 is 1.35 bits per heavy atom. The molecule has 1 heterocycles. The Kier molecular flexibility index (Phi) is 10.1. The number of benzene rings is 1. The summed E-state index contributed by atoms with van der Waals surface area (Å²) < 4.78 is 18.8. The molecule has 172 valence electrons. The number of aliphatic hydroxyl groups excluding tert-OH is 2. The Morgan fingerprint density at radius 2 is 1.94 bits per heavy atom. The highest BCUT2D eigenvalue weighted by atomic mass is 35.5. The summed E-state index contributed by atoms with van der Waals surface area (Å²) in [5.74, 6) is -0.666. The molecule has 5 N–H and O–H groups in total. The van der Waals surface area contributed by atoms with Crippen LogP contribution < -0.4 is 5.73 Å². The van der Waals surface area contributed by atoms with Crippen LogP contribution >= 0.6 is 11.6 Å². The third-order valence-electron chi connectivity index (χ3n) is 5.07. The molecule has 3 rings (SSSR count). The quantitative estimate of drug-likeness (QED) is 0.516. The summed E-state index contributed by atoms with van der Waals surface area (Å²) in [7, 11) is 0. The topological polar surface area (TPSA) is 95.9 Å². The summed E-state index contributed by atoms with van der Waals surface area (Å²) in [5.41, 5.74) is 7.19. The lowest BCUT2D eigenvalue weighted by Gasteiger charge is -2.32. The zero-order valence-corrected chi connectivity index (χ0v) is 19.2. The Bertz CT molecular complexity index is 850. The highest BCUT2D eigenvalue weighted by molar-refractivity contribution is 6.30. The molecule has 7 heteroatoms. The van der Waals surface area contributed by atoms with Crippen LogP contribution in [0.25, 0.3) is 0 Å². The number of allylic oxidation sites excluding steroid dienone is 4. The van der Waals surface area contributed by atoms with Crippen LogP contribution in [0.3, 0.4) is 0 Å². The number of rotatable bonds is 3. The van der Waals surface area contributed by atoms with Crippen molar-refractivity contribution < 1.29 is 24.4 Å². The number of hydrogen-bond donors (Lipinski definition) is 4. The Morgan fingerprint density at radius 3 is 2.29 bits per heavy atom. The molecule has 1 aliphatic carbocycles. The molecular weight excluding hydrogens is 421 g/mol. The second-order valence-electron chi connectivity index (χ2n) is 7.75. The van der Waals surface area contributed by atoms with E-state index in [0.29, 0.717) is 5.70 Å². The molecule has 1 fully saturated rings. The number of halogens is 2. The minimum atomic E-state index is -1.64. The number of ether oxygens (including phenoxy) is 1. The third kappa shape index (κ3) is 6.76. The van der Waals surface area contributed by atoms with Gasteiger partial charge in [-0.3, -0.25) is 0 Å². The first-order chi connectivity index (χ1) is 14.4. The van der Waals surface area contributed by atoms with Crippen molar-refractivity contribution in [3.8, 4) is 0 Å². The lowest BCUT2D eigenvalue weighted by atomic mass is 9.86. The number of hydrogen-bond acceptors (Lipinski definition) is 5. The average molecular weight is 454 g/mol. The van der Waals surface area contributed by atoms with E-state index in [1.807, 2.05) is 13.0 Å². The van der Waals surface area contributed by atoms with Crippen LogP contribution in [0.4, 0.5) is 4.39 Å². The van der Waals surface area contributed by atoms with Gasteiger partial charge in [-0.15, -0.1) is 6.58 Å². The van der Waals surface area contributed by atoms with Crippen LogP contribution in [0.5, 0.6) is 0 Å². The van der Waals surface area contributed by atoms with Crippen LogP contribution in [0.2, 0.25) is 5.02 Å². The van der Waals surface area contributed by atoms with Crippen molar-refractivity contribution in [1.82, 2.24) is 0 Å². The second-order valence-corrected chi connectivity index (χ2v) is 8.16. The van der Waals surface area contributed by atoms with Gasteiger partial charge < -0.3 is 25.8 Å². The summed E-state index contributed by atoms with van der Waals surface area (Å²) in [6, 6.07) is 3.87. The van der Waals surface area contributed by atoms with Crippen molar-refractivity contribution in [3.05, 3.63) is 82.8 Å². The lowest BCUT2D eigenvalue weighted by Crippen LogP contribution is -2.45. The molecule has 2 aliphatic rings. The van der Waals surface area contributed by atoms with Gasteiger partial charge in [-0.2, -0.15) is 0 Å². The standard InChI is InChI=1S/C13H16ClFO4.C8H11N.C3H6/c1-6-10(16)11(17)12(19-6)13(2,18)7-3-4-8(14)9(15)5-7;1-6-4-3-5-8(6)7(2)9;1-3-2/h3-6,10-12,16-18H,1-2H3;3,5H,2,4,9H2,1H3;3H,1H2,2H3. The maximum absolute atomic E-state index is 13.5. The third-order valence-corrected chi connectivity index (χ3v) is 5.38. The summed E-state index contributed by atoms with van der Waals surface area (Å²) in [6.07, 6.45) is 2.92. The number of nitrogens with two attached hydrogens (primary N) is 1. The van der Waals surface area contributed by atoms with Gasteiger partial charge in [-0.05, 0) is 57.4 Å². The van der Waals surface area contributed by atoms with Crippen molar-refractivity contribution in [2.75, 3.05) is 0 Å². The van der Waals surface area contributed by atoms with Crippen LogP contribution in [-0.2, 0) is 10.3 Å². The molecule has 5 nitrogen and oxygen atoms in total. The first-order valence-corrected chi connectivity index (χ1v) is 10.3. The van der Waals surface area contributed by atoms with Crippen LogP contribution in [0.1, 0.15) is 39.7 Å². The van der Waals surface area contributed by atoms with Gasteiger partial charge in [0.05, 0.1) is 11.1 Å². The van der Waals surface area contributed by atoms with Gasteiger partial charge in [-0.25, -0.2) is 4.39 Å². The minimum Gasteiger partial charge on any atom is -0.399 e. The molecule has 1 aromatic carbocycles. The molecule has 1 saturated heterocycles. The minimum absolute atomic E-state index is 0.0548. The van der Waals surface area contributed by atoms with Crippen LogP contribution in [0.15, 0.2) is 66.4 Å². The maximum atomic E-state index is 13.5. The highest BCUT2D eigenvalue weighted by Gasteiger charge is 2.50. The molecule has 0 spiro atoms. The van der Waals surface area contributed by atoms with Crippen molar-refractivity contribution in [2.45, 2.75) is 64.1 Å². The average Bonchev–Trinajstić information content (AvgIpc) is 3.24. The molecule has 5 atom stereocenters. The molecule has 5 unspecified atom stereocenters. The first-order valence-electron chi connectivity index (χ1n) is 9.96. The summed E-state index contributed by atoms with van der Waals surface area (Å²) in [6.45, 7) is 14.0. The monoisotopic (exact) mass is 453 g/mol. The van der Waals surface area contributed by atoms with E-state index in [2.05, 4.69) is 26.2 Å². The van der Waals surface area contributed by atoms with Crippen LogP contribution in [-0.4, -0.2) is 39.7 Å². The number of aliphatic hydroxyl groups is 3. The molecule has 1 aliphatic heterocycles. The molecule has 0 aromatic heterocycles. The zero-order chi connectivity index (χ0) is 23.9. The fourth-order valence-electron chi connectivity index (χ4n) is 3.28.